The molecule has 114 valence electrons. The molecular formula is C15H18Cl2N2O2. The number of hydrogen-bond acceptors (Lipinski definition) is 2. The lowest BCUT2D eigenvalue weighted by Gasteiger charge is -2.17. The van der Waals surface area contributed by atoms with Crippen molar-refractivity contribution in [3.8, 4) is 0 Å². The zero-order chi connectivity index (χ0) is 15.8. The third kappa shape index (κ3) is 3.69. The second-order valence-corrected chi connectivity index (χ2v) is 7.20. The fourth-order valence-corrected chi connectivity index (χ4v) is 3.46. The quantitative estimate of drug-likeness (QED) is 0.866. The number of nitrogens with two attached hydrogens (primary N) is 1. The van der Waals surface area contributed by atoms with E-state index in [1.807, 2.05) is 13.8 Å². The molecule has 2 atom stereocenters. The van der Waals surface area contributed by atoms with Crippen molar-refractivity contribution in [2.75, 3.05) is 5.32 Å². The normalized spacial score (nSPS) is 27.2. The molecule has 2 unspecified atom stereocenters. The van der Waals surface area contributed by atoms with E-state index in [0.717, 1.165) is 6.42 Å². The molecule has 1 fully saturated rings. The summed E-state index contributed by atoms with van der Waals surface area (Å²) in [5.74, 6) is -0.452. The zero-order valence-electron chi connectivity index (χ0n) is 12.0. The van der Waals surface area contributed by atoms with Crippen LogP contribution in [-0.2, 0) is 9.59 Å². The van der Waals surface area contributed by atoms with Crippen LogP contribution < -0.4 is 11.1 Å². The van der Waals surface area contributed by atoms with Crippen LogP contribution in [0.5, 0.6) is 0 Å². The van der Waals surface area contributed by atoms with Gasteiger partial charge < -0.3 is 11.1 Å². The maximum absolute atomic E-state index is 12.2. The molecule has 2 rings (SSSR count). The van der Waals surface area contributed by atoms with Crippen molar-refractivity contribution < 1.29 is 9.59 Å². The summed E-state index contributed by atoms with van der Waals surface area (Å²) in [6, 6.07) is 4.89. The van der Waals surface area contributed by atoms with Crippen molar-refractivity contribution >= 4 is 40.7 Å². The lowest BCUT2D eigenvalue weighted by atomic mass is 9.89. The van der Waals surface area contributed by atoms with E-state index in [2.05, 4.69) is 5.32 Å². The molecule has 1 aliphatic rings. The lowest BCUT2D eigenvalue weighted by Crippen LogP contribution is -2.23. The number of rotatable bonds is 5. The van der Waals surface area contributed by atoms with Gasteiger partial charge in [0.2, 0.25) is 11.8 Å². The van der Waals surface area contributed by atoms with Crippen LogP contribution in [0, 0.1) is 10.8 Å². The van der Waals surface area contributed by atoms with Gasteiger partial charge in [0.05, 0.1) is 0 Å². The molecule has 0 aliphatic heterocycles. The Kier molecular flexibility index (Phi) is 4.22. The summed E-state index contributed by atoms with van der Waals surface area (Å²) in [5, 5.41) is 3.72. The van der Waals surface area contributed by atoms with E-state index in [-0.39, 0.29) is 22.6 Å². The second-order valence-electron chi connectivity index (χ2n) is 6.32. The first-order chi connectivity index (χ1) is 9.63. The van der Waals surface area contributed by atoms with Gasteiger partial charge in [-0.25, -0.2) is 0 Å². The largest absolute Gasteiger partial charge is 0.370 e. The minimum absolute atomic E-state index is 0.121. The molecule has 0 aromatic heterocycles. The molecule has 0 heterocycles. The van der Waals surface area contributed by atoms with Crippen molar-refractivity contribution in [3.63, 3.8) is 0 Å². The topological polar surface area (TPSA) is 72.2 Å². The highest BCUT2D eigenvalue weighted by atomic mass is 35.5. The Hall–Kier alpha value is -1.26. The molecule has 1 aromatic carbocycles. The van der Waals surface area contributed by atoms with Crippen molar-refractivity contribution in [1.29, 1.82) is 0 Å². The van der Waals surface area contributed by atoms with Crippen LogP contribution in [0.2, 0.25) is 10.0 Å². The monoisotopic (exact) mass is 328 g/mol. The van der Waals surface area contributed by atoms with Gasteiger partial charge in [0.1, 0.15) is 0 Å². The summed E-state index contributed by atoms with van der Waals surface area (Å²) >= 11 is 11.8. The van der Waals surface area contributed by atoms with Gasteiger partial charge >= 0.3 is 0 Å². The predicted octanol–water partition coefficient (Wildman–Crippen LogP) is 3.61. The van der Waals surface area contributed by atoms with Crippen LogP contribution in [-0.4, -0.2) is 11.8 Å². The number of anilines is 1. The summed E-state index contributed by atoms with van der Waals surface area (Å²) in [7, 11) is 0. The third-order valence-corrected chi connectivity index (χ3v) is 4.81. The fraction of sp³-hybridized carbons (Fsp3) is 0.467. The number of benzene rings is 1. The van der Waals surface area contributed by atoms with Crippen molar-refractivity contribution in [3.05, 3.63) is 28.2 Å². The SMILES string of the molecule is CC1(CC(N)=O)CC1(C)CC(=O)Nc1cc(Cl)cc(Cl)c1. The molecule has 0 saturated heterocycles. The Morgan fingerprint density at radius 1 is 1.14 bits per heavy atom. The Balaban J connectivity index is 1.98. The maximum Gasteiger partial charge on any atom is 0.224 e. The van der Waals surface area contributed by atoms with Gasteiger partial charge in [-0.2, -0.15) is 0 Å². The molecule has 4 nitrogen and oxygen atoms in total. The van der Waals surface area contributed by atoms with Crippen molar-refractivity contribution in [2.24, 2.45) is 16.6 Å². The average Bonchev–Trinajstić information content (AvgIpc) is 2.74. The van der Waals surface area contributed by atoms with E-state index in [9.17, 15) is 9.59 Å². The molecule has 21 heavy (non-hydrogen) atoms. The van der Waals surface area contributed by atoms with Gasteiger partial charge in [-0.3, -0.25) is 9.59 Å². The highest BCUT2D eigenvalue weighted by Gasteiger charge is 2.61. The minimum Gasteiger partial charge on any atom is -0.370 e. The van der Waals surface area contributed by atoms with E-state index in [4.69, 9.17) is 28.9 Å². The summed E-state index contributed by atoms with van der Waals surface area (Å²) in [5.41, 5.74) is 5.43. The highest BCUT2D eigenvalue weighted by Crippen LogP contribution is 2.67. The molecule has 0 bridgehead atoms. The number of carbonyl (C=O) groups excluding carboxylic acids is 2. The van der Waals surface area contributed by atoms with E-state index in [0.29, 0.717) is 28.6 Å². The Bertz CT molecular complexity index is 585. The summed E-state index contributed by atoms with van der Waals surface area (Å²) < 4.78 is 0. The predicted molar refractivity (Wildman–Crippen MR) is 84.4 cm³/mol. The molecule has 1 aromatic rings. The number of hydrogen-bond donors (Lipinski definition) is 2. The first-order valence-corrected chi connectivity index (χ1v) is 7.43. The molecule has 0 radical (unpaired) electrons. The average molecular weight is 329 g/mol. The molecule has 1 aliphatic carbocycles. The molecule has 6 heteroatoms. The zero-order valence-corrected chi connectivity index (χ0v) is 13.5. The highest BCUT2D eigenvalue weighted by molar-refractivity contribution is 6.35. The first-order valence-electron chi connectivity index (χ1n) is 6.68. The van der Waals surface area contributed by atoms with Gasteiger partial charge in [0.25, 0.3) is 0 Å². The molecule has 2 amide bonds. The van der Waals surface area contributed by atoms with Crippen LogP contribution >= 0.6 is 23.2 Å². The maximum atomic E-state index is 12.2. The number of halogens is 2. The van der Waals surface area contributed by atoms with Gasteiger partial charge in [-0.1, -0.05) is 37.0 Å². The van der Waals surface area contributed by atoms with Crippen LogP contribution in [0.3, 0.4) is 0 Å². The number of nitrogens with one attached hydrogen (secondary N) is 1. The molecule has 3 N–H and O–H groups in total. The van der Waals surface area contributed by atoms with Crippen molar-refractivity contribution in [1.82, 2.24) is 0 Å². The van der Waals surface area contributed by atoms with Crippen molar-refractivity contribution in [2.45, 2.75) is 33.1 Å². The van der Waals surface area contributed by atoms with E-state index < -0.39 is 0 Å². The molecule has 0 spiro atoms. The minimum atomic E-state index is -0.330. The first kappa shape index (κ1) is 16.1. The lowest BCUT2D eigenvalue weighted by molar-refractivity contribution is -0.120. The van der Waals surface area contributed by atoms with Gasteiger partial charge in [-0.15, -0.1) is 0 Å². The standard InChI is InChI=1S/C15H18Cl2N2O2/c1-14(6-12(18)20)8-15(14,2)7-13(21)19-11-4-9(16)3-10(17)5-11/h3-5H,6-8H2,1-2H3,(H2,18,20)(H,19,21). The molecule has 1 saturated carbocycles. The van der Waals surface area contributed by atoms with Crippen LogP contribution in [0.15, 0.2) is 18.2 Å². The van der Waals surface area contributed by atoms with Crippen LogP contribution in [0.1, 0.15) is 33.1 Å². The number of carbonyl (C=O) groups is 2. The van der Waals surface area contributed by atoms with E-state index in [1.165, 1.54) is 0 Å². The van der Waals surface area contributed by atoms with E-state index >= 15 is 0 Å². The Morgan fingerprint density at radius 3 is 2.19 bits per heavy atom. The van der Waals surface area contributed by atoms with Crippen LogP contribution in [0.4, 0.5) is 5.69 Å². The second kappa shape index (κ2) is 5.50. The Labute approximate surface area is 134 Å². The molecular weight excluding hydrogens is 311 g/mol. The van der Waals surface area contributed by atoms with Gasteiger partial charge in [0.15, 0.2) is 0 Å². The van der Waals surface area contributed by atoms with E-state index in [1.54, 1.807) is 18.2 Å². The number of primary amides is 1. The Morgan fingerprint density at radius 2 is 1.67 bits per heavy atom. The summed E-state index contributed by atoms with van der Waals surface area (Å²) in [6.45, 7) is 3.99. The van der Waals surface area contributed by atoms with Gasteiger partial charge in [-0.05, 0) is 35.4 Å². The number of amides is 2. The van der Waals surface area contributed by atoms with Crippen LogP contribution in [0.25, 0.3) is 0 Å². The summed E-state index contributed by atoms with van der Waals surface area (Å²) in [6.07, 6.45) is 1.45. The smallest absolute Gasteiger partial charge is 0.224 e. The summed E-state index contributed by atoms with van der Waals surface area (Å²) in [4.78, 5) is 23.2. The third-order valence-electron chi connectivity index (χ3n) is 4.37. The van der Waals surface area contributed by atoms with Gasteiger partial charge in [0, 0.05) is 28.6 Å². The fourth-order valence-electron chi connectivity index (χ4n) is 2.94.